The van der Waals surface area contributed by atoms with Crippen LogP contribution in [0.15, 0.2) is 165 Å². The van der Waals surface area contributed by atoms with E-state index < -0.39 is 0 Å². The van der Waals surface area contributed by atoms with E-state index in [0.717, 1.165) is 71.7 Å². The molecule has 3 heterocycles. The van der Waals surface area contributed by atoms with Crippen molar-refractivity contribution in [2.75, 3.05) is 0 Å². The van der Waals surface area contributed by atoms with Gasteiger partial charge in [-0.25, -0.2) is 4.79 Å². The van der Waals surface area contributed by atoms with E-state index in [1.165, 1.54) is 10.8 Å². The molecule has 0 aliphatic heterocycles. The topological polar surface area (TPSA) is 48.3 Å². The first-order valence-electron chi connectivity index (χ1n) is 15.7. The molecule has 3 aromatic heterocycles. The predicted molar refractivity (Wildman–Crippen MR) is 192 cm³/mol. The molecule has 4 nitrogen and oxygen atoms in total. The SMILES string of the molecule is O=c1oc2cc(-c3ccc4c(c3)c3ccccc3n4-c3ccccc3)ccc2c2c(-c3cccc4oc5ccccc5c34)cccc12. The molecule has 7 aromatic carbocycles. The van der Waals surface area contributed by atoms with Crippen LogP contribution in [0.25, 0.3) is 93.4 Å². The fourth-order valence-corrected chi connectivity index (χ4v) is 7.39. The number of rotatable bonds is 3. The molecule has 0 aliphatic rings. The summed E-state index contributed by atoms with van der Waals surface area (Å²) in [4.78, 5) is 13.5. The minimum Gasteiger partial charge on any atom is -0.456 e. The fraction of sp³-hybridized carbons (Fsp3) is 0. The third-order valence-electron chi connectivity index (χ3n) is 9.45. The molecule has 0 radical (unpaired) electrons. The quantitative estimate of drug-likeness (QED) is 0.149. The highest BCUT2D eigenvalue weighted by Gasteiger charge is 2.18. The monoisotopic (exact) mass is 603 g/mol. The first-order chi connectivity index (χ1) is 23.2. The van der Waals surface area contributed by atoms with Crippen LogP contribution in [-0.4, -0.2) is 4.57 Å². The Kier molecular flexibility index (Phi) is 5.40. The molecular formula is C43H25NO3. The van der Waals surface area contributed by atoms with E-state index in [-0.39, 0.29) is 5.63 Å². The Morgan fingerprint density at radius 2 is 1.04 bits per heavy atom. The summed E-state index contributed by atoms with van der Waals surface area (Å²) < 4.78 is 14.5. The van der Waals surface area contributed by atoms with Crippen LogP contribution in [0.3, 0.4) is 0 Å². The molecule has 0 fully saturated rings. The highest BCUT2D eigenvalue weighted by atomic mass is 16.4. The Balaban J connectivity index is 1.19. The van der Waals surface area contributed by atoms with E-state index in [2.05, 4.69) is 102 Å². The van der Waals surface area contributed by atoms with Crippen LogP contribution < -0.4 is 5.63 Å². The molecule has 4 heteroatoms. The van der Waals surface area contributed by atoms with Crippen molar-refractivity contribution in [3.63, 3.8) is 0 Å². The maximum atomic E-state index is 13.5. The van der Waals surface area contributed by atoms with Crippen LogP contribution >= 0.6 is 0 Å². The van der Waals surface area contributed by atoms with E-state index in [0.29, 0.717) is 11.0 Å². The number of furan rings is 1. The van der Waals surface area contributed by atoms with Crippen molar-refractivity contribution in [2.45, 2.75) is 0 Å². The molecule has 0 atom stereocenters. The van der Waals surface area contributed by atoms with Gasteiger partial charge in [0.1, 0.15) is 16.7 Å². The standard InChI is InChI=1S/C43H25NO3/c45-43-34-16-8-14-30(31-15-9-19-39-42(31)32-13-5-7-18-38(32)46-39)41(34)33-22-20-27(25-40(33)47-43)26-21-23-37-35(24-26)29-12-4-6-17-36(29)44(37)28-10-2-1-3-11-28/h1-25H. The molecule has 0 saturated carbocycles. The Morgan fingerprint density at radius 1 is 0.404 bits per heavy atom. The van der Waals surface area contributed by atoms with Crippen LogP contribution in [0, 0.1) is 0 Å². The zero-order valence-electron chi connectivity index (χ0n) is 25.1. The first kappa shape index (κ1) is 25.9. The number of hydrogen-bond acceptors (Lipinski definition) is 3. The van der Waals surface area contributed by atoms with Crippen molar-refractivity contribution in [3.05, 3.63) is 162 Å². The first-order valence-corrected chi connectivity index (χ1v) is 15.7. The lowest BCUT2D eigenvalue weighted by Gasteiger charge is -2.12. The Bertz CT molecular complexity index is 2930. The molecule has 0 spiro atoms. The molecule has 0 unspecified atom stereocenters. The van der Waals surface area contributed by atoms with Gasteiger partial charge in [-0.2, -0.15) is 0 Å². The summed E-state index contributed by atoms with van der Waals surface area (Å²) in [6, 6.07) is 51.8. The Labute approximate surface area is 268 Å². The third-order valence-corrected chi connectivity index (χ3v) is 9.45. The second-order valence-corrected chi connectivity index (χ2v) is 12.0. The van der Waals surface area contributed by atoms with Gasteiger partial charge >= 0.3 is 5.63 Å². The number of aromatic nitrogens is 1. The summed E-state index contributed by atoms with van der Waals surface area (Å²) in [5, 5.41) is 6.78. The van der Waals surface area contributed by atoms with E-state index in [1.807, 2.05) is 54.6 Å². The summed E-state index contributed by atoms with van der Waals surface area (Å²) >= 11 is 0. The highest BCUT2D eigenvalue weighted by molar-refractivity contribution is 6.19. The van der Waals surface area contributed by atoms with E-state index in [9.17, 15) is 4.79 Å². The lowest BCUT2D eigenvalue weighted by atomic mass is 9.92. The summed E-state index contributed by atoms with van der Waals surface area (Å²) in [5.74, 6) is 0. The largest absolute Gasteiger partial charge is 0.456 e. The van der Waals surface area contributed by atoms with Crippen molar-refractivity contribution < 1.29 is 8.83 Å². The van der Waals surface area contributed by atoms with Gasteiger partial charge in [0, 0.05) is 38.0 Å². The molecule has 10 aromatic rings. The normalized spacial score (nSPS) is 11.9. The zero-order valence-corrected chi connectivity index (χ0v) is 25.1. The van der Waals surface area contributed by atoms with Gasteiger partial charge in [-0.15, -0.1) is 0 Å². The van der Waals surface area contributed by atoms with Crippen molar-refractivity contribution in [1.29, 1.82) is 0 Å². The Morgan fingerprint density at radius 3 is 1.94 bits per heavy atom. The summed E-state index contributed by atoms with van der Waals surface area (Å²) in [6.45, 7) is 0. The molecular weight excluding hydrogens is 578 g/mol. The van der Waals surface area contributed by atoms with Gasteiger partial charge in [-0.05, 0) is 82.9 Å². The summed E-state index contributed by atoms with van der Waals surface area (Å²) in [6.07, 6.45) is 0. The number of nitrogens with zero attached hydrogens (tertiary/aromatic N) is 1. The van der Waals surface area contributed by atoms with Gasteiger partial charge in [0.15, 0.2) is 0 Å². The molecule has 0 amide bonds. The lowest BCUT2D eigenvalue weighted by molar-refractivity contribution is 0.570. The minimum absolute atomic E-state index is 0.350. The third kappa shape index (κ3) is 3.79. The average Bonchev–Trinajstić information content (AvgIpc) is 3.67. The van der Waals surface area contributed by atoms with E-state index >= 15 is 0 Å². The molecule has 10 rings (SSSR count). The molecule has 0 aliphatic carbocycles. The highest BCUT2D eigenvalue weighted by Crippen LogP contribution is 2.41. The maximum Gasteiger partial charge on any atom is 0.344 e. The maximum absolute atomic E-state index is 13.5. The van der Waals surface area contributed by atoms with Crippen molar-refractivity contribution in [1.82, 2.24) is 4.57 Å². The average molecular weight is 604 g/mol. The number of fused-ring (bicyclic) bond motifs is 9. The molecule has 47 heavy (non-hydrogen) atoms. The zero-order chi connectivity index (χ0) is 31.1. The summed E-state index contributed by atoms with van der Waals surface area (Å²) in [7, 11) is 0. The smallest absolute Gasteiger partial charge is 0.344 e. The van der Waals surface area contributed by atoms with Gasteiger partial charge in [0.2, 0.25) is 0 Å². The second-order valence-electron chi connectivity index (χ2n) is 12.0. The van der Waals surface area contributed by atoms with Gasteiger partial charge in [0.25, 0.3) is 0 Å². The van der Waals surface area contributed by atoms with Crippen molar-refractivity contribution >= 4 is 65.5 Å². The van der Waals surface area contributed by atoms with E-state index in [1.54, 1.807) is 0 Å². The van der Waals surface area contributed by atoms with Gasteiger partial charge in [-0.3, -0.25) is 0 Å². The molecule has 0 N–H and O–H groups in total. The number of para-hydroxylation sites is 3. The van der Waals surface area contributed by atoms with Gasteiger partial charge < -0.3 is 13.4 Å². The van der Waals surface area contributed by atoms with Gasteiger partial charge in [0.05, 0.1) is 16.4 Å². The van der Waals surface area contributed by atoms with Crippen LogP contribution in [0.2, 0.25) is 0 Å². The number of hydrogen-bond donors (Lipinski definition) is 0. The van der Waals surface area contributed by atoms with Crippen LogP contribution in [-0.2, 0) is 0 Å². The van der Waals surface area contributed by atoms with Crippen LogP contribution in [0.5, 0.6) is 0 Å². The minimum atomic E-state index is -0.350. The van der Waals surface area contributed by atoms with E-state index in [4.69, 9.17) is 8.83 Å². The second kappa shape index (κ2) is 9.80. The molecule has 0 saturated heterocycles. The molecule has 220 valence electrons. The van der Waals surface area contributed by atoms with Gasteiger partial charge in [-0.1, -0.05) is 91.0 Å². The fourth-order valence-electron chi connectivity index (χ4n) is 7.39. The van der Waals surface area contributed by atoms with Crippen molar-refractivity contribution in [3.8, 4) is 27.9 Å². The van der Waals surface area contributed by atoms with Crippen LogP contribution in [0.1, 0.15) is 0 Å². The summed E-state index contributed by atoms with van der Waals surface area (Å²) in [5.41, 5.74) is 9.34. The predicted octanol–water partition coefficient (Wildman–Crippen LogP) is 11.3. The van der Waals surface area contributed by atoms with Crippen LogP contribution in [0.4, 0.5) is 0 Å². The lowest BCUT2D eigenvalue weighted by Crippen LogP contribution is -2.01. The number of benzene rings is 7. The Hall–Kier alpha value is -6.39. The molecule has 0 bridgehead atoms. The van der Waals surface area contributed by atoms with Crippen molar-refractivity contribution in [2.24, 2.45) is 0 Å².